The summed E-state index contributed by atoms with van der Waals surface area (Å²) in [5.74, 6) is -0.730. The van der Waals surface area contributed by atoms with Crippen LogP contribution in [0.15, 0.2) is 42.5 Å². The molecule has 0 spiro atoms. The first kappa shape index (κ1) is 17.0. The van der Waals surface area contributed by atoms with Gasteiger partial charge >= 0.3 is 0 Å². The summed E-state index contributed by atoms with van der Waals surface area (Å²) in [5, 5.41) is 12.2. The van der Waals surface area contributed by atoms with Crippen molar-refractivity contribution >= 4 is 34.8 Å². The average Bonchev–Trinajstić information content (AvgIpc) is 3.00. The van der Waals surface area contributed by atoms with Crippen LogP contribution in [0.1, 0.15) is 17.5 Å². The van der Waals surface area contributed by atoms with Gasteiger partial charge in [-0.1, -0.05) is 17.7 Å². The van der Waals surface area contributed by atoms with Crippen molar-refractivity contribution in [2.24, 2.45) is 5.92 Å². The molecule has 1 heterocycles. The highest BCUT2D eigenvalue weighted by atomic mass is 35.5. The Kier molecular flexibility index (Phi) is 4.73. The van der Waals surface area contributed by atoms with Gasteiger partial charge < -0.3 is 10.2 Å². The predicted molar refractivity (Wildman–Crippen MR) is 96.4 cm³/mol. The summed E-state index contributed by atoms with van der Waals surface area (Å²) in [5.41, 5.74) is 2.70. The molecule has 1 fully saturated rings. The molecule has 25 heavy (non-hydrogen) atoms. The highest BCUT2D eigenvalue weighted by Crippen LogP contribution is 2.31. The minimum atomic E-state index is -0.429. The standard InChI is InChI=1S/C19H16ClN3O2/c1-12-16(20)3-2-4-17(12)23-11-14(9-18(23)24)19(25)22-15-7-5-13(10-21)6-8-15/h2-8,14H,9,11H2,1H3,(H,22,25)/t14-/m1/s1. The number of carbonyl (C=O) groups excluding carboxylic acids is 2. The average molecular weight is 354 g/mol. The van der Waals surface area contributed by atoms with E-state index in [0.717, 1.165) is 11.3 Å². The van der Waals surface area contributed by atoms with Crippen LogP contribution in [0.3, 0.4) is 0 Å². The third kappa shape index (κ3) is 3.49. The Balaban J connectivity index is 1.72. The van der Waals surface area contributed by atoms with Gasteiger partial charge in [0.15, 0.2) is 0 Å². The lowest BCUT2D eigenvalue weighted by molar-refractivity contribution is -0.122. The van der Waals surface area contributed by atoms with Crippen LogP contribution in [0.4, 0.5) is 11.4 Å². The smallest absolute Gasteiger partial charge is 0.229 e. The van der Waals surface area contributed by atoms with Crippen LogP contribution in [0, 0.1) is 24.2 Å². The van der Waals surface area contributed by atoms with E-state index in [0.29, 0.717) is 22.8 Å². The molecule has 0 saturated carbocycles. The van der Waals surface area contributed by atoms with Crippen molar-refractivity contribution in [1.82, 2.24) is 0 Å². The lowest BCUT2D eigenvalue weighted by Crippen LogP contribution is -2.28. The van der Waals surface area contributed by atoms with E-state index >= 15 is 0 Å². The van der Waals surface area contributed by atoms with E-state index in [-0.39, 0.29) is 18.2 Å². The summed E-state index contributed by atoms with van der Waals surface area (Å²) < 4.78 is 0. The van der Waals surface area contributed by atoms with Gasteiger partial charge in [0.25, 0.3) is 0 Å². The monoisotopic (exact) mass is 353 g/mol. The summed E-state index contributed by atoms with van der Waals surface area (Å²) >= 11 is 6.13. The second-order valence-corrected chi connectivity index (χ2v) is 6.37. The number of nitrogens with one attached hydrogen (secondary N) is 1. The molecule has 3 rings (SSSR count). The summed E-state index contributed by atoms with van der Waals surface area (Å²) in [4.78, 5) is 26.4. The van der Waals surface area contributed by atoms with Gasteiger partial charge in [0, 0.05) is 29.4 Å². The lowest BCUT2D eigenvalue weighted by atomic mass is 10.1. The van der Waals surface area contributed by atoms with E-state index in [9.17, 15) is 9.59 Å². The number of nitriles is 1. The molecule has 1 atom stereocenters. The molecule has 1 N–H and O–H groups in total. The number of nitrogens with zero attached hydrogens (tertiary/aromatic N) is 2. The Labute approximate surface area is 150 Å². The highest BCUT2D eigenvalue weighted by molar-refractivity contribution is 6.31. The zero-order valence-electron chi connectivity index (χ0n) is 13.6. The number of amides is 2. The summed E-state index contributed by atoms with van der Waals surface area (Å²) in [6.07, 6.45) is 0.161. The van der Waals surface area contributed by atoms with Crippen LogP contribution in [-0.2, 0) is 9.59 Å². The van der Waals surface area contributed by atoms with Gasteiger partial charge in [-0.2, -0.15) is 5.26 Å². The van der Waals surface area contributed by atoms with Gasteiger partial charge in [-0.25, -0.2) is 0 Å². The number of hydrogen-bond acceptors (Lipinski definition) is 3. The Morgan fingerprint density at radius 3 is 2.68 bits per heavy atom. The number of hydrogen-bond donors (Lipinski definition) is 1. The number of halogens is 1. The van der Waals surface area contributed by atoms with E-state index < -0.39 is 5.92 Å². The van der Waals surface area contributed by atoms with Gasteiger partial charge in [-0.05, 0) is 48.9 Å². The molecule has 126 valence electrons. The Morgan fingerprint density at radius 2 is 2.00 bits per heavy atom. The number of rotatable bonds is 3. The lowest BCUT2D eigenvalue weighted by Gasteiger charge is -2.19. The summed E-state index contributed by atoms with van der Waals surface area (Å²) in [7, 11) is 0. The van der Waals surface area contributed by atoms with Gasteiger partial charge in [0.1, 0.15) is 0 Å². The van der Waals surface area contributed by atoms with Crippen molar-refractivity contribution < 1.29 is 9.59 Å². The molecule has 6 heteroatoms. The first-order chi connectivity index (χ1) is 12.0. The molecule has 2 aromatic carbocycles. The molecule has 0 radical (unpaired) electrons. The fraction of sp³-hybridized carbons (Fsp3) is 0.211. The van der Waals surface area contributed by atoms with Crippen LogP contribution in [0.2, 0.25) is 5.02 Å². The highest BCUT2D eigenvalue weighted by Gasteiger charge is 2.35. The first-order valence-electron chi connectivity index (χ1n) is 7.86. The molecule has 0 unspecified atom stereocenters. The predicted octanol–water partition coefficient (Wildman–Crippen LogP) is 3.51. The number of carbonyl (C=O) groups is 2. The third-order valence-electron chi connectivity index (χ3n) is 4.31. The zero-order valence-corrected chi connectivity index (χ0v) is 14.4. The van der Waals surface area contributed by atoms with Crippen molar-refractivity contribution in [1.29, 1.82) is 5.26 Å². The normalized spacial score (nSPS) is 16.6. The Hall–Kier alpha value is -2.84. The molecule has 0 aliphatic carbocycles. The van der Waals surface area contributed by atoms with E-state index in [2.05, 4.69) is 5.32 Å². The number of anilines is 2. The quantitative estimate of drug-likeness (QED) is 0.917. The zero-order chi connectivity index (χ0) is 18.0. The van der Waals surface area contributed by atoms with E-state index in [4.69, 9.17) is 16.9 Å². The molecule has 5 nitrogen and oxygen atoms in total. The van der Waals surface area contributed by atoms with Gasteiger partial charge in [0.05, 0.1) is 17.6 Å². The minimum Gasteiger partial charge on any atom is -0.326 e. The second kappa shape index (κ2) is 6.96. The topological polar surface area (TPSA) is 73.2 Å². The first-order valence-corrected chi connectivity index (χ1v) is 8.24. The maximum Gasteiger partial charge on any atom is 0.229 e. The van der Waals surface area contributed by atoms with E-state index in [1.165, 1.54) is 0 Å². The van der Waals surface area contributed by atoms with Gasteiger partial charge in [-0.3, -0.25) is 9.59 Å². The van der Waals surface area contributed by atoms with Crippen LogP contribution >= 0.6 is 11.6 Å². The Bertz CT molecular complexity index is 871. The van der Waals surface area contributed by atoms with Crippen LogP contribution in [0.25, 0.3) is 0 Å². The van der Waals surface area contributed by atoms with Crippen molar-refractivity contribution in [2.45, 2.75) is 13.3 Å². The second-order valence-electron chi connectivity index (χ2n) is 5.97. The SMILES string of the molecule is Cc1c(Cl)cccc1N1C[C@H](C(=O)Nc2ccc(C#N)cc2)CC1=O. The molecule has 2 amide bonds. The largest absolute Gasteiger partial charge is 0.326 e. The van der Waals surface area contributed by atoms with E-state index in [1.54, 1.807) is 41.3 Å². The number of benzene rings is 2. The van der Waals surface area contributed by atoms with Crippen LogP contribution < -0.4 is 10.2 Å². The molecular formula is C19H16ClN3O2. The summed E-state index contributed by atoms with van der Waals surface area (Å²) in [6, 6.07) is 14.0. The van der Waals surface area contributed by atoms with Crippen molar-refractivity contribution in [2.75, 3.05) is 16.8 Å². The van der Waals surface area contributed by atoms with Crippen LogP contribution in [0.5, 0.6) is 0 Å². The van der Waals surface area contributed by atoms with Crippen molar-refractivity contribution in [3.63, 3.8) is 0 Å². The van der Waals surface area contributed by atoms with Crippen molar-refractivity contribution in [3.8, 4) is 6.07 Å². The summed E-state index contributed by atoms with van der Waals surface area (Å²) in [6.45, 7) is 2.18. The Morgan fingerprint density at radius 1 is 1.28 bits per heavy atom. The van der Waals surface area contributed by atoms with Crippen LogP contribution in [-0.4, -0.2) is 18.4 Å². The maximum absolute atomic E-state index is 12.5. The third-order valence-corrected chi connectivity index (χ3v) is 4.72. The maximum atomic E-state index is 12.5. The molecule has 0 bridgehead atoms. The van der Waals surface area contributed by atoms with Gasteiger partial charge in [-0.15, -0.1) is 0 Å². The van der Waals surface area contributed by atoms with Crippen molar-refractivity contribution in [3.05, 3.63) is 58.6 Å². The minimum absolute atomic E-state index is 0.0923. The molecular weight excluding hydrogens is 338 g/mol. The fourth-order valence-electron chi connectivity index (χ4n) is 2.88. The fourth-order valence-corrected chi connectivity index (χ4v) is 3.05. The molecule has 1 saturated heterocycles. The molecule has 2 aromatic rings. The molecule has 1 aliphatic heterocycles. The van der Waals surface area contributed by atoms with Gasteiger partial charge in [0.2, 0.25) is 11.8 Å². The van der Waals surface area contributed by atoms with E-state index in [1.807, 2.05) is 19.1 Å². The molecule has 1 aliphatic rings. The molecule has 0 aromatic heterocycles.